The number of aryl methyl sites for hydroxylation is 1. The lowest BCUT2D eigenvalue weighted by Gasteiger charge is -2.14. The summed E-state index contributed by atoms with van der Waals surface area (Å²) in [7, 11) is 0. The van der Waals surface area contributed by atoms with Crippen LogP contribution < -0.4 is 0 Å². The Bertz CT molecular complexity index is 513. The van der Waals surface area contributed by atoms with Crippen molar-refractivity contribution >= 4 is 17.6 Å². The average molecular weight is 296 g/mol. The van der Waals surface area contributed by atoms with Crippen LogP contribution in [0.4, 0.5) is 0 Å². The van der Waals surface area contributed by atoms with Gasteiger partial charge in [-0.1, -0.05) is 22.8 Å². The lowest BCUT2D eigenvalue weighted by Crippen LogP contribution is -2.05. The van der Waals surface area contributed by atoms with Crippen molar-refractivity contribution in [2.24, 2.45) is 5.11 Å². The number of carbonyl (C=O) groups is 1. The zero-order valence-corrected chi connectivity index (χ0v) is 12.4. The number of hydrogen-bond donors (Lipinski definition) is 0. The van der Waals surface area contributed by atoms with Gasteiger partial charge in [0.25, 0.3) is 0 Å². The van der Waals surface area contributed by atoms with Crippen molar-refractivity contribution in [2.75, 3.05) is 6.61 Å². The van der Waals surface area contributed by atoms with Crippen molar-refractivity contribution in [3.05, 3.63) is 44.8 Å². The minimum atomic E-state index is -0.312. The predicted molar refractivity (Wildman–Crippen MR) is 78.6 cm³/mol. The molecule has 0 N–H and O–H groups in total. The molecule has 0 spiro atoms. The zero-order valence-electron chi connectivity index (χ0n) is 11.7. The molecule has 0 bridgehead atoms. The fourth-order valence-electron chi connectivity index (χ4n) is 1.98. The van der Waals surface area contributed by atoms with Gasteiger partial charge in [-0.3, -0.25) is 4.79 Å². The highest BCUT2D eigenvalue weighted by Crippen LogP contribution is 2.29. The lowest BCUT2D eigenvalue weighted by atomic mass is 9.97. The molecule has 0 fully saturated rings. The normalized spacial score (nSPS) is 11.6. The number of esters is 1. The zero-order chi connectivity index (χ0) is 15.0. The van der Waals surface area contributed by atoms with Crippen LogP contribution in [-0.4, -0.2) is 12.6 Å². The van der Waals surface area contributed by atoms with Crippen LogP contribution in [0, 0.1) is 6.92 Å². The average Bonchev–Trinajstić information content (AvgIpc) is 2.41. The van der Waals surface area contributed by atoms with E-state index in [0.29, 0.717) is 30.9 Å². The molecule has 1 unspecified atom stereocenters. The topological polar surface area (TPSA) is 75.1 Å². The molecular weight excluding hydrogens is 278 g/mol. The molecule has 0 aromatic heterocycles. The van der Waals surface area contributed by atoms with E-state index in [1.54, 1.807) is 19.1 Å². The van der Waals surface area contributed by atoms with Gasteiger partial charge < -0.3 is 4.74 Å². The second-order valence-electron chi connectivity index (χ2n) is 4.42. The molecule has 5 nitrogen and oxygen atoms in total. The summed E-state index contributed by atoms with van der Waals surface area (Å²) in [6.07, 6.45) is 1.52. The minimum absolute atomic E-state index is 0.227. The summed E-state index contributed by atoms with van der Waals surface area (Å²) in [4.78, 5) is 14.2. The van der Waals surface area contributed by atoms with Gasteiger partial charge in [-0.15, -0.1) is 0 Å². The summed E-state index contributed by atoms with van der Waals surface area (Å²) in [5, 5.41) is 4.41. The molecule has 6 heteroatoms. The molecule has 108 valence electrons. The standard InChI is InChI=1S/C14H18ClN3O2/c1-3-20-14(19)6-4-5-13(17-18-16)12-9-11(15)8-7-10(12)2/h7-9,13H,3-6H2,1-2H3. The van der Waals surface area contributed by atoms with E-state index >= 15 is 0 Å². The van der Waals surface area contributed by atoms with Crippen molar-refractivity contribution in [1.82, 2.24) is 0 Å². The first kappa shape index (κ1) is 16.3. The summed E-state index contributed by atoms with van der Waals surface area (Å²) in [6.45, 7) is 4.10. The van der Waals surface area contributed by atoms with Crippen molar-refractivity contribution in [3.63, 3.8) is 0 Å². The summed E-state index contributed by atoms with van der Waals surface area (Å²) in [6, 6.07) is 5.18. The van der Waals surface area contributed by atoms with Gasteiger partial charge in [-0.2, -0.15) is 0 Å². The first-order valence-corrected chi connectivity index (χ1v) is 6.92. The molecule has 1 rings (SSSR count). The lowest BCUT2D eigenvalue weighted by molar-refractivity contribution is -0.143. The van der Waals surface area contributed by atoms with Gasteiger partial charge in [0.2, 0.25) is 0 Å². The summed E-state index contributed by atoms with van der Waals surface area (Å²) in [5.74, 6) is -0.227. The fourth-order valence-corrected chi connectivity index (χ4v) is 2.16. The highest BCUT2D eigenvalue weighted by molar-refractivity contribution is 6.30. The van der Waals surface area contributed by atoms with Crippen LogP contribution in [0.2, 0.25) is 5.02 Å². The number of nitrogens with zero attached hydrogens (tertiary/aromatic N) is 3. The Kier molecular flexibility index (Phi) is 6.91. The van der Waals surface area contributed by atoms with E-state index in [-0.39, 0.29) is 12.0 Å². The van der Waals surface area contributed by atoms with E-state index in [9.17, 15) is 4.79 Å². The predicted octanol–water partition coefficient (Wildman–Crippen LogP) is 4.73. The summed E-state index contributed by atoms with van der Waals surface area (Å²) in [5.41, 5.74) is 10.6. The second kappa shape index (κ2) is 8.46. The van der Waals surface area contributed by atoms with Crippen molar-refractivity contribution in [3.8, 4) is 0 Å². The second-order valence-corrected chi connectivity index (χ2v) is 4.86. The van der Waals surface area contributed by atoms with Crippen molar-refractivity contribution in [1.29, 1.82) is 0 Å². The Morgan fingerprint density at radius 2 is 2.30 bits per heavy atom. The van der Waals surface area contributed by atoms with Gasteiger partial charge in [0.05, 0.1) is 12.6 Å². The molecule has 0 aliphatic carbocycles. The molecule has 0 aliphatic rings. The Balaban J connectivity index is 2.72. The number of hydrogen-bond acceptors (Lipinski definition) is 3. The van der Waals surface area contributed by atoms with Gasteiger partial charge in [0.15, 0.2) is 0 Å². The van der Waals surface area contributed by atoms with E-state index < -0.39 is 0 Å². The van der Waals surface area contributed by atoms with Gasteiger partial charge in [-0.25, -0.2) is 0 Å². The number of azide groups is 1. The van der Waals surface area contributed by atoms with Crippen LogP contribution in [0.1, 0.15) is 43.4 Å². The maximum absolute atomic E-state index is 11.3. The fraction of sp³-hybridized carbons (Fsp3) is 0.500. The quantitative estimate of drug-likeness (QED) is 0.315. The number of benzene rings is 1. The number of halogens is 1. The molecular formula is C14H18ClN3O2. The summed E-state index contributed by atoms with van der Waals surface area (Å²) >= 11 is 5.98. The summed E-state index contributed by atoms with van der Waals surface area (Å²) < 4.78 is 4.87. The molecule has 0 saturated heterocycles. The monoisotopic (exact) mass is 295 g/mol. The largest absolute Gasteiger partial charge is 0.466 e. The van der Waals surface area contributed by atoms with Crippen LogP contribution in [-0.2, 0) is 9.53 Å². The van der Waals surface area contributed by atoms with Gasteiger partial charge in [-0.05, 0) is 55.5 Å². The third-order valence-corrected chi connectivity index (χ3v) is 3.19. The maximum atomic E-state index is 11.3. The SMILES string of the molecule is CCOC(=O)CCCC(N=[N+]=[N-])c1cc(Cl)ccc1C. The third-order valence-electron chi connectivity index (χ3n) is 2.96. The van der Waals surface area contributed by atoms with Crippen LogP contribution in [0.3, 0.4) is 0 Å². The molecule has 1 aromatic rings. The minimum Gasteiger partial charge on any atom is -0.466 e. The van der Waals surface area contributed by atoms with Crippen LogP contribution in [0.25, 0.3) is 10.4 Å². The first-order valence-electron chi connectivity index (χ1n) is 6.54. The van der Waals surface area contributed by atoms with Crippen molar-refractivity contribution < 1.29 is 9.53 Å². The van der Waals surface area contributed by atoms with Crippen molar-refractivity contribution in [2.45, 2.75) is 39.2 Å². The van der Waals surface area contributed by atoms with E-state index in [1.165, 1.54) is 0 Å². The molecule has 1 atom stereocenters. The van der Waals surface area contributed by atoms with Gasteiger partial charge in [0.1, 0.15) is 0 Å². The molecule has 0 aliphatic heterocycles. The Morgan fingerprint density at radius 1 is 1.55 bits per heavy atom. The number of carbonyl (C=O) groups excluding carboxylic acids is 1. The molecule has 0 saturated carbocycles. The number of ether oxygens (including phenoxy) is 1. The van der Waals surface area contributed by atoms with E-state index in [0.717, 1.165) is 11.1 Å². The van der Waals surface area contributed by atoms with Crippen LogP contribution in [0.15, 0.2) is 23.3 Å². The highest BCUT2D eigenvalue weighted by Gasteiger charge is 2.14. The van der Waals surface area contributed by atoms with E-state index in [2.05, 4.69) is 10.0 Å². The molecule has 1 aromatic carbocycles. The molecule has 0 heterocycles. The Morgan fingerprint density at radius 3 is 2.95 bits per heavy atom. The molecule has 0 amide bonds. The van der Waals surface area contributed by atoms with Crippen LogP contribution >= 0.6 is 11.6 Å². The highest BCUT2D eigenvalue weighted by atomic mass is 35.5. The molecule has 0 radical (unpaired) electrons. The smallest absolute Gasteiger partial charge is 0.305 e. The Hall–Kier alpha value is -1.71. The Labute approximate surface area is 123 Å². The van der Waals surface area contributed by atoms with E-state index in [1.807, 2.05) is 13.0 Å². The number of rotatable bonds is 7. The molecule has 20 heavy (non-hydrogen) atoms. The maximum Gasteiger partial charge on any atom is 0.305 e. The van der Waals surface area contributed by atoms with Gasteiger partial charge in [0, 0.05) is 16.4 Å². The van der Waals surface area contributed by atoms with E-state index in [4.69, 9.17) is 21.9 Å². The first-order chi connectivity index (χ1) is 9.58. The van der Waals surface area contributed by atoms with Gasteiger partial charge >= 0.3 is 5.97 Å². The third kappa shape index (κ3) is 5.11. The van der Waals surface area contributed by atoms with Crippen LogP contribution in [0.5, 0.6) is 0 Å².